The maximum atomic E-state index is 12.0. The molecule has 1 aliphatic heterocycles. The lowest BCUT2D eigenvalue weighted by atomic mass is 10.1. The topological polar surface area (TPSA) is 141 Å². The fourth-order valence-corrected chi connectivity index (χ4v) is 4.23. The number of hydrogen-bond donors (Lipinski definition) is 4. The Labute approximate surface area is 198 Å². The summed E-state index contributed by atoms with van der Waals surface area (Å²) in [6, 6.07) is 12.4. The van der Waals surface area contributed by atoms with Crippen LogP contribution >= 0.6 is 11.8 Å². The zero-order valence-electron chi connectivity index (χ0n) is 18.2. The smallest absolute Gasteiger partial charge is 0.407 e. The van der Waals surface area contributed by atoms with Crippen molar-refractivity contribution >= 4 is 45.7 Å². The lowest BCUT2D eigenvalue weighted by Crippen LogP contribution is -2.36. The Morgan fingerprint density at radius 3 is 2.79 bits per heavy atom. The molecule has 1 aliphatic rings. The maximum absolute atomic E-state index is 12.0. The summed E-state index contributed by atoms with van der Waals surface area (Å²) in [5, 5.41) is 23.8. The first-order chi connectivity index (χ1) is 16.3. The third-order valence-corrected chi connectivity index (χ3v) is 5.98. The quantitative estimate of drug-likeness (QED) is 0.355. The molecule has 0 saturated carbocycles. The van der Waals surface area contributed by atoms with Crippen molar-refractivity contribution < 1.29 is 33.8 Å². The number of furan rings is 1. The first kappa shape index (κ1) is 23.5. The minimum absolute atomic E-state index is 0.00505. The molecule has 0 spiro atoms. The van der Waals surface area contributed by atoms with Crippen molar-refractivity contribution in [2.75, 3.05) is 18.4 Å². The van der Waals surface area contributed by atoms with Crippen LogP contribution in [0.3, 0.4) is 0 Å². The van der Waals surface area contributed by atoms with Crippen LogP contribution < -0.4 is 15.4 Å². The summed E-state index contributed by atoms with van der Waals surface area (Å²) >= 11 is 0.839. The number of thioether (sulfide) groups is 1. The Kier molecular flexibility index (Phi) is 6.94. The average molecular weight is 486 g/mol. The largest absolute Gasteiger partial charge is 0.465 e. The van der Waals surface area contributed by atoms with Gasteiger partial charge in [-0.25, -0.2) is 4.79 Å². The molecule has 0 aliphatic carbocycles. The normalized spacial score (nSPS) is 16.4. The Bertz CT molecular complexity index is 1230. The number of rotatable bonds is 9. The number of amides is 3. The van der Waals surface area contributed by atoms with Crippen LogP contribution in [0, 0.1) is 0 Å². The second-order valence-corrected chi connectivity index (χ2v) is 8.88. The molecule has 3 amide bonds. The molecule has 10 nitrogen and oxygen atoms in total. The van der Waals surface area contributed by atoms with Crippen molar-refractivity contribution in [3.05, 3.63) is 54.3 Å². The van der Waals surface area contributed by atoms with E-state index in [1.807, 2.05) is 12.1 Å². The van der Waals surface area contributed by atoms with Gasteiger partial charge < -0.3 is 29.6 Å². The second-order valence-electron chi connectivity index (χ2n) is 7.80. The summed E-state index contributed by atoms with van der Waals surface area (Å²) in [4.78, 5) is 36.2. The summed E-state index contributed by atoms with van der Waals surface area (Å²) in [5.74, 6) is 0.500. The fourth-order valence-electron chi connectivity index (χ4n) is 3.50. The Morgan fingerprint density at radius 1 is 1.26 bits per heavy atom. The SMILES string of the molecule is C[C@H](O)CN(CCc1ccc(NC2SC(=O)NC2=O)c(Oc2ccc3occc3c2)c1)C(=O)O. The number of imide groups is 1. The summed E-state index contributed by atoms with van der Waals surface area (Å²) < 4.78 is 11.5. The number of carbonyl (C=O) groups is 3. The number of hydrogen-bond acceptors (Lipinski definition) is 8. The number of ether oxygens (including phenoxy) is 1. The van der Waals surface area contributed by atoms with Crippen molar-refractivity contribution in [3.63, 3.8) is 0 Å². The van der Waals surface area contributed by atoms with E-state index in [2.05, 4.69) is 10.6 Å². The van der Waals surface area contributed by atoms with Gasteiger partial charge in [0.15, 0.2) is 11.1 Å². The van der Waals surface area contributed by atoms with Crippen LogP contribution in [0.1, 0.15) is 12.5 Å². The van der Waals surface area contributed by atoms with E-state index in [1.165, 1.54) is 6.92 Å². The standard InChI is InChI=1S/C23H23N3O7S/c1-13(27)12-26(23(30)31)8-6-14-2-4-17(24-21-20(28)25-22(29)34-21)19(10-14)33-16-3-5-18-15(11-16)7-9-32-18/h2-5,7,9-11,13,21,24,27H,6,8,12H2,1H3,(H,30,31)(H,25,28,29)/t13-,21?/m0/s1. The molecule has 2 atom stereocenters. The zero-order chi connectivity index (χ0) is 24.2. The number of fused-ring (bicyclic) bond motifs is 1. The van der Waals surface area contributed by atoms with Gasteiger partial charge in [-0.2, -0.15) is 0 Å². The van der Waals surface area contributed by atoms with Crippen LogP contribution in [0.5, 0.6) is 11.5 Å². The van der Waals surface area contributed by atoms with Gasteiger partial charge in [0.1, 0.15) is 11.3 Å². The first-order valence-corrected chi connectivity index (χ1v) is 11.4. The Hall–Kier alpha value is -3.70. The number of aliphatic hydroxyl groups excluding tert-OH is 1. The summed E-state index contributed by atoms with van der Waals surface area (Å²) in [5.41, 5.74) is 2.00. The second kappa shape index (κ2) is 10.1. The summed E-state index contributed by atoms with van der Waals surface area (Å²) in [7, 11) is 0. The van der Waals surface area contributed by atoms with Gasteiger partial charge in [0, 0.05) is 18.5 Å². The number of aliphatic hydroxyl groups is 1. The molecule has 2 aromatic carbocycles. The molecule has 1 aromatic heterocycles. The number of carboxylic acid groups (broad SMARTS) is 1. The molecular formula is C23H23N3O7S. The predicted octanol–water partition coefficient (Wildman–Crippen LogP) is 3.85. The van der Waals surface area contributed by atoms with Gasteiger partial charge >= 0.3 is 6.09 Å². The average Bonchev–Trinajstić information content (AvgIpc) is 3.37. The molecule has 178 valence electrons. The van der Waals surface area contributed by atoms with Crippen molar-refractivity contribution in [1.82, 2.24) is 10.2 Å². The van der Waals surface area contributed by atoms with E-state index < -0.39 is 28.7 Å². The lowest BCUT2D eigenvalue weighted by molar-refractivity contribution is -0.118. The summed E-state index contributed by atoms with van der Waals surface area (Å²) in [6.07, 6.45) is 0.0690. The van der Waals surface area contributed by atoms with E-state index in [9.17, 15) is 24.6 Å². The third kappa shape index (κ3) is 5.61. The highest BCUT2D eigenvalue weighted by Crippen LogP contribution is 2.34. The first-order valence-electron chi connectivity index (χ1n) is 10.5. The van der Waals surface area contributed by atoms with E-state index in [0.717, 1.165) is 27.6 Å². The molecule has 1 unspecified atom stereocenters. The molecule has 4 rings (SSSR count). The molecule has 11 heteroatoms. The molecule has 0 bridgehead atoms. The molecule has 2 heterocycles. The highest BCUT2D eigenvalue weighted by molar-refractivity contribution is 8.15. The fraction of sp³-hybridized carbons (Fsp3) is 0.261. The Balaban J connectivity index is 1.58. The minimum Gasteiger partial charge on any atom is -0.465 e. The minimum atomic E-state index is -1.11. The van der Waals surface area contributed by atoms with Gasteiger partial charge in [-0.05, 0) is 67.1 Å². The predicted molar refractivity (Wildman–Crippen MR) is 126 cm³/mol. The molecule has 4 N–H and O–H groups in total. The van der Waals surface area contributed by atoms with Crippen LogP contribution in [0.2, 0.25) is 0 Å². The summed E-state index contributed by atoms with van der Waals surface area (Å²) in [6.45, 7) is 1.72. The maximum Gasteiger partial charge on any atom is 0.407 e. The van der Waals surface area contributed by atoms with Crippen LogP contribution in [0.15, 0.2) is 53.1 Å². The van der Waals surface area contributed by atoms with Gasteiger partial charge in [-0.15, -0.1) is 0 Å². The van der Waals surface area contributed by atoms with E-state index in [-0.39, 0.29) is 13.1 Å². The van der Waals surface area contributed by atoms with Crippen molar-refractivity contribution in [3.8, 4) is 11.5 Å². The van der Waals surface area contributed by atoms with Crippen molar-refractivity contribution in [1.29, 1.82) is 0 Å². The van der Waals surface area contributed by atoms with Gasteiger partial charge in [0.25, 0.3) is 11.1 Å². The highest BCUT2D eigenvalue weighted by atomic mass is 32.2. The number of benzene rings is 2. The van der Waals surface area contributed by atoms with Crippen LogP contribution in [-0.4, -0.2) is 56.9 Å². The number of nitrogens with one attached hydrogen (secondary N) is 2. The van der Waals surface area contributed by atoms with Crippen LogP contribution in [-0.2, 0) is 11.2 Å². The lowest BCUT2D eigenvalue weighted by Gasteiger charge is -2.21. The van der Waals surface area contributed by atoms with E-state index in [1.54, 1.807) is 36.6 Å². The monoisotopic (exact) mass is 485 g/mol. The van der Waals surface area contributed by atoms with E-state index in [4.69, 9.17) is 9.15 Å². The number of nitrogens with zero attached hydrogens (tertiary/aromatic N) is 1. The van der Waals surface area contributed by atoms with Crippen molar-refractivity contribution in [2.24, 2.45) is 0 Å². The molecule has 3 aromatic rings. The highest BCUT2D eigenvalue weighted by Gasteiger charge is 2.32. The van der Waals surface area contributed by atoms with Gasteiger partial charge in [-0.1, -0.05) is 6.07 Å². The van der Waals surface area contributed by atoms with Crippen LogP contribution in [0.4, 0.5) is 15.3 Å². The number of anilines is 1. The number of carbonyl (C=O) groups excluding carboxylic acids is 2. The van der Waals surface area contributed by atoms with Gasteiger partial charge in [-0.3, -0.25) is 14.9 Å². The molecule has 0 radical (unpaired) electrons. The van der Waals surface area contributed by atoms with Gasteiger partial charge in [0.2, 0.25) is 0 Å². The molecule has 34 heavy (non-hydrogen) atoms. The van der Waals surface area contributed by atoms with E-state index in [0.29, 0.717) is 29.2 Å². The van der Waals surface area contributed by atoms with Crippen molar-refractivity contribution in [2.45, 2.75) is 24.8 Å². The van der Waals surface area contributed by atoms with E-state index >= 15 is 0 Å². The molecule has 1 fully saturated rings. The third-order valence-electron chi connectivity index (χ3n) is 5.10. The zero-order valence-corrected chi connectivity index (χ0v) is 19.0. The van der Waals surface area contributed by atoms with Gasteiger partial charge in [0.05, 0.1) is 18.1 Å². The Morgan fingerprint density at radius 2 is 2.09 bits per heavy atom. The molecular weight excluding hydrogens is 462 g/mol. The molecule has 1 saturated heterocycles. The van der Waals surface area contributed by atoms with Crippen LogP contribution in [0.25, 0.3) is 11.0 Å².